The lowest BCUT2D eigenvalue weighted by Crippen LogP contribution is -2.38. The van der Waals surface area contributed by atoms with E-state index in [1.807, 2.05) is 0 Å². The van der Waals surface area contributed by atoms with Gasteiger partial charge in [-0.15, -0.1) is 0 Å². The van der Waals surface area contributed by atoms with E-state index >= 15 is 0 Å². The zero-order valence-corrected chi connectivity index (χ0v) is 23.2. The van der Waals surface area contributed by atoms with E-state index in [2.05, 4.69) is 16.0 Å². The second-order valence-electron chi connectivity index (χ2n) is 8.75. The number of nitrogens with one attached hydrogen (secondary N) is 3. The van der Waals surface area contributed by atoms with Gasteiger partial charge < -0.3 is 20.7 Å². The Morgan fingerprint density at radius 3 is 2.24 bits per heavy atom. The second-order valence-corrected chi connectivity index (χ2v) is 11.4. The monoisotopic (exact) mass is 631 g/mol. The summed E-state index contributed by atoms with van der Waals surface area (Å²) in [5.74, 6) is -1.91. The quantitative estimate of drug-likeness (QED) is 0.211. The third-order valence-electron chi connectivity index (χ3n) is 6.00. The first-order valence-corrected chi connectivity index (χ1v) is 13.0. The van der Waals surface area contributed by atoms with E-state index < -0.39 is 53.2 Å². The van der Waals surface area contributed by atoms with Gasteiger partial charge in [-0.3, -0.25) is 9.59 Å². The topological polar surface area (TPSA) is 87.3 Å². The Kier molecular flexibility index (Phi) is 9.74. The molecule has 0 saturated heterocycles. The number of rotatable bonds is 11. The van der Waals surface area contributed by atoms with Gasteiger partial charge in [0.2, 0.25) is 11.8 Å². The number of benzene rings is 2. The predicted octanol–water partition coefficient (Wildman–Crippen LogP) is 5.94. The number of anilines is 1. The number of alkyl halides is 5. The van der Waals surface area contributed by atoms with Gasteiger partial charge in [-0.2, -0.15) is 13.2 Å². The van der Waals surface area contributed by atoms with Gasteiger partial charge in [0, 0.05) is 39.8 Å². The summed E-state index contributed by atoms with van der Waals surface area (Å²) in [6.45, 7) is -1.03. The van der Waals surface area contributed by atoms with Crippen molar-refractivity contribution in [2.75, 3.05) is 25.0 Å². The zero-order valence-electron chi connectivity index (χ0n) is 19.4. The molecule has 2 aromatic rings. The van der Waals surface area contributed by atoms with Crippen LogP contribution in [-0.2, 0) is 20.8 Å². The summed E-state index contributed by atoms with van der Waals surface area (Å²) in [6.07, 6.45) is -5.09. The van der Waals surface area contributed by atoms with E-state index in [4.69, 9.17) is 58.0 Å². The Morgan fingerprint density at radius 2 is 1.63 bits per heavy atom. The van der Waals surface area contributed by atoms with Crippen molar-refractivity contribution in [2.45, 2.75) is 29.3 Å². The van der Waals surface area contributed by atoms with Crippen molar-refractivity contribution < 1.29 is 27.6 Å². The number of carbonyl (C=O) groups excluding carboxylic acids is 3. The number of carbonyl (C=O) groups is 3. The molecule has 1 aliphatic rings. The highest BCUT2D eigenvalue weighted by Crippen LogP contribution is 2.73. The minimum Gasteiger partial charge on any atom is -0.384 e. The lowest BCUT2D eigenvalue weighted by Gasteiger charge is -2.15. The van der Waals surface area contributed by atoms with Crippen molar-refractivity contribution in [1.82, 2.24) is 10.6 Å². The van der Waals surface area contributed by atoms with Gasteiger partial charge in [-0.1, -0.05) is 58.0 Å². The molecule has 2 amide bonds. The van der Waals surface area contributed by atoms with Gasteiger partial charge in [0.25, 0.3) is 0 Å². The largest absolute Gasteiger partial charge is 0.390 e. The van der Waals surface area contributed by atoms with Crippen LogP contribution in [0.4, 0.5) is 18.9 Å². The zero-order chi connectivity index (χ0) is 28.3. The summed E-state index contributed by atoms with van der Waals surface area (Å²) < 4.78 is 35.1. The summed E-state index contributed by atoms with van der Waals surface area (Å²) in [5, 5.41) is 8.51. The highest BCUT2D eigenvalue weighted by atomic mass is 35.5. The normalized spacial score (nSPS) is 19.9. The first-order chi connectivity index (χ1) is 17.7. The molecule has 0 bridgehead atoms. The van der Waals surface area contributed by atoms with Crippen molar-refractivity contribution in [1.29, 1.82) is 0 Å². The fourth-order valence-electron chi connectivity index (χ4n) is 4.02. The molecule has 1 fully saturated rings. The Hall–Kier alpha value is -1.91. The predicted molar refractivity (Wildman–Crippen MR) is 142 cm³/mol. The molecular weight excluding hydrogens is 613 g/mol. The van der Waals surface area contributed by atoms with Gasteiger partial charge in [0.05, 0.1) is 24.8 Å². The Labute approximate surface area is 241 Å². The van der Waals surface area contributed by atoms with Crippen LogP contribution in [0.3, 0.4) is 0 Å². The van der Waals surface area contributed by atoms with Crippen LogP contribution in [0.2, 0.25) is 15.1 Å². The van der Waals surface area contributed by atoms with Crippen LogP contribution >= 0.6 is 58.0 Å². The van der Waals surface area contributed by atoms with Crippen molar-refractivity contribution in [2.24, 2.45) is 5.41 Å². The Bertz CT molecular complexity index is 1210. The fourth-order valence-corrected chi connectivity index (χ4v) is 5.72. The number of aldehydes is 1. The van der Waals surface area contributed by atoms with E-state index in [1.54, 1.807) is 36.4 Å². The minimum atomic E-state index is -4.39. The first kappa shape index (κ1) is 30.6. The smallest absolute Gasteiger partial charge is 0.384 e. The molecule has 1 aliphatic carbocycles. The van der Waals surface area contributed by atoms with Crippen LogP contribution in [0.5, 0.6) is 0 Å². The highest BCUT2D eigenvalue weighted by Gasteiger charge is 2.76. The fraction of sp³-hybridized carbons (Fsp3) is 0.375. The molecule has 0 aromatic heterocycles. The van der Waals surface area contributed by atoms with E-state index in [9.17, 15) is 27.6 Å². The molecule has 38 heavy (non-hydrogen) atoms. The molecule has 206 valence electrons. The van der Waals surface area contributed by atoms with Gasteiger partial charge in [0.15, 0.2) is 0 Å². The average molecular weight is 634 g/mol. The van der Waals surface area contributed by atoms with Gasteiger partial charge >= 0.3 is 6.18 Å². The summed E-state index contributed by atoms with van der Waals surface area (Å²) in [6, 6.07) is 9.58. The van der Waals surface area contributed by atoms with Crippen LogP contribution in [0, 0.1) is 5.41 Å². The van der Waals surface area contributed by atoms with Crippen LogP contribution in [0.25, 0.3) is 0 Å². The van der Waals surface area contributed by atoms with Crippen molar-refractivity contribution in [3.63, 3.8) is 0 Å². The second kappa shape index (κ2) is 12.1. The number of hydrogen-bond donors (Lipinski definition) is 3. The summed E-state index contributed by atoms with van der Waals surface area (Å²) in [5.41, 5.74) is 0.337. The molecule has 2 unspecified atom stereocenters. The van der Waals surface area contributed by atoms with Gasteiger partial charge in [-0.25, -0.2) is 0 Å². The van der Waals surface area contributed by atoms with Crippen molar-refractivity contribution >= 4 is 81.8 Å². The van der Waals surface area contributed by atoms with Crippen LogP contribution in [0.1, 0.15) is 23.5 Å². The molecule has 0 aliphatic heterocycles. The first-order valence-electron chi connectivity index (χ1n) is 11.1. The van der Waals surface area contributed by atoms with Crippen molar-refractivity contribution in [3.05, 3.63) is 62.6 Å². The van der Waals surface area contributed by atoms with E-state index in [0.29, 0.717) is 33.1 Å². The summed E-state index contributed by atoms with van der Waals surface area (Å²) in [7, 11) is 0. The number of amides is 2. The average Bonchev–Trinajstić information content (AvgIpc) is 3.31. The molecule has 3 N–H and O–H groups in total. The van der Waals surface area contributed by atoms with Crippen molar-refractivity contribution in [3.8, 4) is 0 Å². The van der Waals surface area contributed by atoms with Gasteiger partial charge in [0.1, 0.15) is 10.6 Å². The SMILES string of the molecule is O=CC1(CNc2ccc(Cl)c(CC(=O)NCC(=O)NCCC(F)(F)F)c2)C(c2cc(Cl)cc(Cl)c2)C1(Cl)Cl. The standard InChI is InChI=1S/C24H21Cl5F3N3O3/c25-15-5-14(6-16(26)9-15)21-22(12-36,24(21,28)29)11-35-17-1-2-18(27)13(7-17)8-19(37)34-10-20(38)33-4-3-23(30,31)32/h1-2,5-7,9,12,21,35H,3-4,8,10-11H2,(H,33,38)(H,34,37). The maximum Gasteiger partial charge on any atom is 0.390 e. The maximum absolute atomic E-state index is 12.3. The van der Waals surface area contributed by atoms with E-state index in [-0.39, 0.29) is 18.0 Å². The molecule has 1 saturated carbocycles. The number of hydrogen-bond acceptors (Lipinski definition) is 4. The molecule has 0 heterocycles. The molecule has 14 heteroatoms. The molecular formula is C24H21Cl5F3N3O3. The van der Waals surface area contributed by atoms with E-state index in [1.165, 1.54) is 0 Å². The number of halogens is 8. The summed E-state index contributed by atoms with van der Waals surface area (Å²) >= 11 is 31.4. The third kappa shape index (κ3) is 7.39. The highest BCUT2D eigenvalue weighted by molar-refractivity contribution is 6.54. The molecule has 6 nitrogen and oxygen atoms in total. The minimum absolute atomic E-state index is 0.0453. The summed E-state index contributed by atoms with van der Waals surface area (Å²) in [4.78, 5) is 36.1. The van der Waals surface area contributed by atoms with Crippen LogP contribution in [-0.4, -0.2) is 48.2 Å². The molecule has 3 rings (SSSR count). The van der Waals surface area contributed by atoms with Gasteiger partial charge in [-0.05, 0) is 47.5 Å². The Balaban J connectivity index is 1.60. The lowest BCUT2D eigenvalue weighted by atomic mass is 10.00. The third-order valence-corrected chi connectivity index (χ3v) is 7.95. The molecule has 2 atom stereocenters. The maximum atomic E-state index is 12.3. The molecule has 0 spiro atoms. The van der Waals surface area contributed by atoms with Crippen LogP contribution < -0.4 is 16.0 Å². The van der Waals surface area contributed by atoms with E-state index in [0.717, 1.165) is 0 Å². The molecule has 2 aromatic carbocycles. The van der Waals surface area contributed by atoms with Crippen LogP contribution in [0.15, 0.2) is 36.4 Å². The molecule has 0 radical (unpaired) electrons. The lowest BCUT2D eigenvalue weighted by molar-refractivity contribution is -0.136. The Morgan fingerprint density at radius 1 is 0.974 bits per heavy atom.